The average molecular weight is 250 g/mol. The Morgan fingerprint density at radius 1 is 1.11 bits per heavy atom. The molecular formula is C16H30N2. The fourth-order valence-corrected chi connectivity index (χ4v) is 2.37. The third-order valence-electron chi connectivity index (χ3n) is 3.39. The SMILES string of the molecule is CCCCCCCCCn1ccc(CC(C)N)c1. The van der Waals surface area contributed by atoms with Crippen LogP contribution in [0.25, 0.3) is 0 Å². The van der Waals surface area contributed by atoms with Crippen LogP contribution in [-0.2, 0) is 13.0 Å². The van der Waals surface area contributed by atoms with Crippen molar-refractivity contribution in [1.29, 1.82) is 0 Å². The van der Waals surface area contributed by atoms with Gasteiger partial charge in [-0.05, 0) is 31.4 Å². The number of nitrogens with two attached hydrogens (primary N) is 1. The van der Waals surface area contributed by atoms with E-state index in [2.05, 4.69) is 36.9 Å². The molecule has 0 aromatic carbocycles. The molecule has 2 N–H and O–H groups in total. The lowest BCUT2D eigenvalue weighted by Crippen LogP contribution is -2.17. The summed E-state index contributed by atoms with van der Waals surface area (Å²) in [5.74, 6) is 0. The standard InChI is InChI=1S/C16H30N2/c1-3-4-5-6-7-8-9-11-18-12-10-16(14-18)13-15(2)17/h10,12,14-15H,3-9,11,13,17H2,1-2H3. The van der Waals surface area contributed by atoms with Crippen molar-refractivity contribution in [3.63, 3.8) is 0 Å². The highest BCUT2D eigenvalue weighted by Crippen LogP contribution is 2.09. The molecule has 0 aliphatic rings. The summed E-state index contributed by atoms with van der Waals surface area (Å²) in [6, 6.07) is 2.46. The van der Waals surface area contributed by atoms with E-state index in [1.165, 1.54) is 50.5 Å². The highest BCUT2D eigenvalue weighted by molar-refractivity contribution is 5.11. The molecule has 18 heavy (non-hydrogen) atoms. The van der Waals surface area contributed by atoms with E-state index in [0.717, 1.165) is 13.0 Å². The molecule has 2 heteroatoms. The van der Waals surface area contributed by atoms with Crippen LogP contribution in [0, 0.1) is 0 Å². The highest BCUT2D eigenvalue weighted by atomic mass is 14.9. The van der Waals surface area contributed by atoms with E-state index < -0.39 is 0 Å². The van der Waals surface area contributed by atoms with Crippen molar-refractivity contribution in [2.24, 2.45) is 5.73 Å². The lowest BCUT2D eigenvalue weighted by Gasteiger charge is -2.04. The summed E-state index contributed by atoms with van der Waals surface area (Å²) in [5, 5.41) is 0. The van der Waals surface area contributed by atoms with Crippen molar-refractivity contribution in [2.45, 2.75) is 77.8 Å². The van der Waals surface area contributed by atoms with E-state index >= 15 is 0 Å². The normalized spacial score (nSPS) is 12.8. The van der Waals surface area contributed by atoms with Crippen LogP contribution in [0.4, 0.5) is 0 Å². The Bertz CT molecular complexity index is 302. The Morgan fingerprint density at radius 2 is 1.78 bits per heavy atom. The van der Waals surface area contributed by atoms with Gasteiger partial charge in [0.2, 0.25) is 0 Å². The first-order valence-electron chi connectivity index (χ1n) is 7.62. The van der Waals surface area contributed by atoms with Crippen LogP contribution in [0.1, 0.15) is 64.4 Å². The smallest absolute Gasteiger partial charge is 0.0219 e. The van der Waals surface area contributed by atoms with Gasteiger partial charge in [0.25, 0.3) is 0 Å². The fraction of sp³-hybridized carbons (Fsp3) is 0.750. The largest absolute Gasteiger partial charge is 0.354 e. The second kappa shape index (κ2) is 9.21. The van der Waals surface area contributed by atoms with Gasteiger partial charge in [0, 0.05) is 25.0 Å². The van der Waals surface area contributed by atoms with Crippen molar-refractivity contribution in [2.75, 3.05) is 0 Å². The first-order chi connectivity index (χ1) is 8.72. The van der Waals surface area contributed by atoms with Gasteiger partial charge in [-0.15, -0.1) is 0 Å². The first kappa shape index (κ1) is 15.3. The second-order valence-electron chi connectivity index (χ2n) is 5.56. The lowest BCUT2D eigenvalue weighted by molar-refractivity contribution is 0.550. The first-order valence-corrected chi connectivity index (χ1v) is 7.62. The lowest BCUT2D eigenvalue weighted by atomic mass is 10.1. The number of rotatable bonds is 10. The molecule has 0 saturated carbocycles. The van der Waals surface area contributed by atoms with Crippen molar-refractivity contribution in [3.8, 4) is 0 Å². The molecule has 1 aromatic heterocycles. The van der Waals surface area contributed by atoms with E-state index in [4.69, 9.17) is 5.73 Å². The molecule has 1 rings (SSSR count). The molecule has 1 aromatic rings. The number of hydrogen-bond acceptors (Lipinski definition) is 1. The number of aryl methyl sites for hydroxylation is 1. The van der Waals surface area contributed by atoms with Crippen LogP contribution in [0.3, 0.4) is 0 Å². The second-order valence-corrected chi connectivity index (χ2v) is 5.56. The van der Waals surface area contributed by atoms with E-state index in [1.54, 1.807) is 0 Å². The van der Waals surface area contributed by atoms with Crippen LogP contribution in [-0.4, -0.2) is 10.6 Å². The highest BCUT2D eigenvalue weighted by Gasteiger charge is 2.00. The molecule has 0 aliphatic carbocycles. The summed E-state index contributed by atoms with van der Waals surface area (Å²) in [6.45, 7) is 5.49. The molecular weight excluding hydrogens is 220 g/mol. The Labute approximate surface area is 113 Å². The molecule has 0 aliphatic heterocycles. The Kier molecular flexibility index (Phi) is 7.83. The van der Waals surface area contributed by atoms with Gasteiger partial charge in [0.15, 0.2) is 0 Å². The van der Waals surface area contributed by atoms with Crippen LogP contribution in [0.2, 0.25) is 0 Å². The van der Waals surface area contributed by atoms with E-state index in [9.17, 15) is 0 Å². The Morgan fingerprint density at radius 3 is 2.44 bits per heavy atom. The van der Waals surface area contributed by atoms with Gasteiger partial charge in [-0.2, -0.15) is 0 Å². The summed E-state index contributed by atoms with van der Waals surface area (Å²) >= 11 is 0. The van der Waals surface area contributed by atoms with E-state index in [1.807, 2.05) is 0 Å². The molecule has 0 saturated heterocycles. The molecule has 2 nitrogen and oxygen atoms in total. The third kappa shape index (κ3) is 6.85. The summed E-state index contributed by atoms with van der Waals surface area (Å²) in [6.07, 6.45) is 15.1. The van der Waals surface area contributed by atoms with Crippen LogP contribution < -0.4 is 5.73 Å². The third-order valence-corrected chi connectivity index (χ3v) is 3.39. The van der Waals surface area contributed by atoms with Crippen molar-refractivity contribution >= 4 is 0 Å². The quantitative estimate of drug-likeness (QED) is 0.622. The summed E-state index contributed by atoms with van der Waals surface area (Å²) in [4.78, 5) is 0. The van der Waals surface area contributed by atoms with Gasteiger partial charge in [-0.3, -0.25) is 0 Å². The van der Waals surface area contributed by atoms with Crippen LogP contribution in [0.5, 0.6) is 0 Å². The van der Waals surface area contributed by atoms with E-state index in [-0.39, 0.29) is 6.04 Å². The minimum Gasteiger partial charge on any atom is -0.354 e. The van der Waals surface area contributed by atoms with Crippen LogP contribution in [0.15, 0.2) is 18.5 Å². The maximum Gasteiger partial charge on any atom is 0.0219 e. The molecule has 0 bridgehead atoms. The van der Waals surface area contributed by atoms with Crippen molar-refractivity contribution in [3.05, 3.63) is 24.0 Å². The molecule has 0 spiro atoms. The predicted molar refractivity (Wildman–Crippen MR) is 79.8 cm³/mol. The number of aromatic nitrogens is 1. The van der Waals surface area contributed by atoms with Crippen molar-refractivity contribution < 1.29 is 0 Å². The molecule has 1 heterocycles. The van der Waals surface area contributed by atoms with Gasteiger partial charge in [-0.1, -0.05) is 45.4 Å². The monoisotopic (exact) mass is 250 g/mol. The number of hydrogen-bond donors (Lipinski definition) is 1. The van der Waals surface area contributed by atoms with Gasteiger partial charge < -0.3 is 10.3 Å². The Hall–Kier alpha value is -0.760. The minimum atomic E-state index is 0.263. The fourth-order valence-electron chi connectivity index (χ4n) is 2.37. The zero-order valence-electron chi connectivity index (χ0n) is 12.2. The van der Waals surface area contributed by atoms with Crippen molar-refractivity contribution in [1.82, 2.24) is 4.57 Å². The van der Waals surface area contributed by atoms with Gasteiger partial charge in [-0.25, -0.2) is 0 Å². The summed E-state index contributed by atoms with van der Waals surface area (Å²) < 4.78 is 2.31. The molecule has 104 valence electrons. The molecule has 0 fully saturated rings. The predicted octanol–water partition coefficient (Wildman–Crippen LogP) is 4.13. The summed E-state index contributed by atoms with van der Waals surface area (Å²) in [5.41, 5.74) is 7.17. The van der Waals surface area contributed by atoms with Gasteiger partial charge >= 0.3 is 0 Å². The maximum absolute atomic E-state index is 5.80. The molecule has 0 amide bonds. The zero-order chi connectivity index (χ0) is 13.2. The Balaban J connectivity index is 2.06. The molecule has 1 unspecified atom stereocenters. The van der Waals surface area contributed by atoms with Gasteiger partial charge in [0.05, 0.1) is 0 Å². The molecule has 0 radical (unpaired) electrons. The zero-order valence-corrected chi connectivity index (χ0v) is 12.2. The molecule has 1 atom stereocenters. The van der Waals surface area contributed by atoms with Crippen LogP contribution >= 0.6 is 0 Å². The summed E-state index contributed by atoms with van der Waals surface area (Å²) in [7, 11) is 0. The number of nitrogens with zero attached hydrogens (tertiary/aromatic N) is 1. The average Bonchev–Trinajstić information content (AvgIpc) is 2.75. The topological polar surface area (TPSA) is 30.9 Å². The van der Waals surface area contributed by atoms with Gasteiger partial charge in [0.1, 0.15) is 0 Å². The van der Waals surface area contributed by atoms with E-state index in [0.29, 0.717) is 0 Å². The number of unbranched alkanes of at least 4 members (excludes halogenated alkanes) is 6. The maximum atomic E-state index is 5.80. The minimum absolute atomic E-state index is 0.263.